The number of hydrogen-bond donors (Lipinski definition) is 1. The van der Waals surface area contributed by atoms with E-state index in [0.717, 1.165) is 0 Å². The Kier molecular flexibility index (Phi) is 7.30. The minimum atomic E-state index is -3.26. The summed E-state index contributed by atoms with van der Waals surface area (Å²) >= 11 is 0. The molecular formula is C9H18NO4P. The molecule has 0 unspecified atom stereocenters. The Morgan fingerprint density at radius 3 is 2.33 bits per heavy atom. The van der Waals surface area contributed by atoms with E-state index in [1.54, 1.807) is 19.9 Å². The Hall–Kier alpha value is -0.640. The van der Waals surface area contributed by atoms with Gasteiger partial charge in [0.25, 0.3) is 0 Å². The summed E-state index contributed by atoms with van der Waals surface area (Å²) in [5.41, 5.74) is 0. The highest BCUT2D eigenvalue weighted by molar-refractivity contribution is 7.54. The zero-order valence-electron chi connectivity index (χ0n) is 9.19. The third kappa shape index (κ3) is 6.44. The van der Waals surface area contributed by atoms with Crippen LogP contribution in [0.3, 0.4) is 0 Å². The van der Waals surface area contributed by atoms with E-state index in [0.29, 0.717) is 6.54 Å². The van der Waals surface area contributed by atoms with Gasteiger partial charge in [0.1, 0.15) is 6.16 Å². The monoisotopic (exact) mass is 235 g/mol. The molecule has 5 nitrogen and oxygen atoms in total. The molecule has 0 saturated carbocycles. The van der Waals surface area contributed by atoms with Crippen LogP contribution in [0.15, 0.2) is 12.7 Å². The third-order valence-electron chi connectivity index (χ3n) is 1.43. The van der Waals surface area contributed by atoms with Crippen LogP contribution in [0.5, 0.6) is 0 Å². The normalized spacial score (nSPS) is 11.1. The second kappa shape index (κ2) is 7.63. The van der Waals surface area contributed by atoms with Crippen LogP contribution in [-0.4, -0.2) is 31.8 Å². The maximum Gasteiger partial charge on any atom is 0.340 e. The van der Waals surface area contributed by atoms with Crippen LogP contribution in [0.2, 0.25) is 0 Å². The zero-order chi connectivity index (χ0) is 11.7. The second-order valence-corrected chi connectivity index (χ2v) is 4.75. The predicted molar refractivity (Wildman–Crippen MR) is 58.9 cm³/mol. The average Bonchev–Trinajstić information content (AvgIpc) is 2.15. The van der Waals surface area contributed by atoms with Gasteiger partial charge in [0.15, 0.2) is 0 Å². The van der Waals surface area contributed by atoms with Gasteiger partial charge in [-0.3, -0.25) is 9.36 Å². The Morgan fingerprint density at radius 2 is 1.93 bits per heavy atom. The molecule has 0 fully saturated rings. The molecule has 0 heterocycles. The lowest BCUT2D eigenvalue weighted by Crippen LogP contribution is -2.27. The lowest BCUT2D eigenvalue weighted by atomic mass is 10.6. The van der Waals surface area contributed by atoms with Gasteiger partial charge in [-0.05, 0) is 13.8 Å². The van der Waals surface area contributed by atoms with E-state index >= 15 is 0 Å². The van der Waals surface area contributed by atoms with Crippen molar-refractivity contribution in [3.63, 3.8) is 0 Å². The van der Waals surface area contributed by atoms with Crippen LogP contribution in [0, 0.1) is 0 Å². The number of carbonyl (C=O) groups excluding carboxylic acids is 1. The van der Waals surface area contributed by atoms with Crippen LogP contribution in [0.1, 0.15) is 13.8 Å². The van der Waals surface area contributed by atoms with Crippen LogP contribution < -0.4 is 5.32 Å². The molecule has 0 aromatic rings. The molecule has 0 aliphatic rings. The fourth-order valence-corrected chi connectivity index (χ4v) is 2.45. The molecule has 0 atom stereocenters. The molecule has 1 amide bonds. The van der Waals surface area contributed by atoms with Crippen LogP contribution in [-0.2, 0) is 18.4 Å². The van der Waals surface area contributed by atoms with E-state index in [-0.39, 0.29) is 25.3 Å². The van der Waals surface area contributed by atoms with Crippen molar-refractivity contribution in [1.29, 1.82) is 0 Å². The summed E-state index contributed by atoms with van der Waals surface area (Å²) in [4.78, 5) is 11.3. The van der Waals surface area contributed by atoms with Crippen molar-refractivity contribution in [2.24, 2.45) is 0 Å². The van der Waals surface area contributed by atoms with Gasteiger partial charge < -0.3 is 14.4 Å². The van der Waals surface area contributed by atoms with Crippen molar-refractivity contribution in [1.82, 2.24) is 5.32 Å². The van der Waals surface area contributed by atoms with Crippen molar-refractivity contribution in [3.05, 3.63) is 12.7 Å². The Morgan fingerprint density at radius 1 is 1.40 bits per heavy atom. The van der Waals surface area contributed by atoms with Gasteiger partial charge in [-0.15, -0.1) is 6.58 Å². The fourth-order valence-electron chi connectivity index (χ4n) is 0.940. The summed E-state index contributed by atoms with van der Waals surface area (Å²) in [5.74, 6) is -0.361. The first kappa shape index (κ1) is 14.4. The molecule has 0 rings (SSSR count). The Balaban J connectivity index is 4.20. The summed E-state index contributed by atoms with van der Waals surface area (Å²) in [6.07, 6.45) is 1.30. The largest absolute Gasteiger partial charge is 0.352 e. The summed E-state index contributed by atoms with van der Waals surface area (Å²) in [7, 11) is -3.26. The summed E-state index contributed by atoms with van der Waals surface area (Å²) in [6.45, 7) is 7.72. The summed E-state index contributed by atoms with van der Waals surface area (Å²) in [5, 5.41) is 2.52. The van der Waals surface area contributed by atoms with E-state index in [1.165, 1.54) is 0 Å². The highest BCUT2D eigenvalue weighted by Crippen LogP contribution is 2.47. The SMILES string of the molecule is C=CCNC(=O)CP(=O)(OCC)OCC. The molecule has 0 aromatic heterocycles. The lowest BCUT2D eigenvalue weighted by molar-refractivity contribution is -0.118. The summed E-state index contributed by atoms with van der Waals surface area (Å²) < 4.78 is 21.8. The second-order valence-electron chi connectivity index (χ2n) is 2.70. The highest BCUT2D eigenvalue weighted by atomic mass is 31.2. The number of rotatable bonds is 8. The van der Waals surface area contributed by atoms with Gasteiger partial charge >= 0.3 is 7.60 Å². The average molecular weight is 235 g/mol. The zero-order valence-corrected chi connectivity index (χ0v) is 10.1. The van der Waals surface area contributed by atoms with E-state index in [9.17, 15) is 9.36 Å². The van der Waals surface area contributed by atoms with Crippen LogP contribution in [0.25, 0.3) is 0 Å². The number of amides is 1. The fraction of sp³-hybridized carbons (Fsp3) is 0.667. The number of nitrogens with one attached hydrogen (secondary N) is 1. The molecular weight excluding hydrogens is 217 g/mol. The first-order chi connectivity index (χ1) is 7.08. The first-order valence-electron chi connectivity index (χ1n) is 4.83. The van der Waals surface area contributed by atoms with Gasteiger partial charge in [0.2, 0.25) is 5.91 Å². The third-order valence-corrected chi connectivity index (χ3v) is 3.41. The maximum absolute atomic E-state index is 11.9. The molecule has 88 valence electrons. The molecule has 0 aliphatic heterocycles. The van der Waals surface area contributed by atoms with Crippen molar-refractivity contribution in [2.75, 3.05) is 25.9 Å². The molecule has 6 heteroatoms. The lowest BCUT2D eigenvalue weighted by Gasteiger charge is -2.16. The quantitative estimate of drug-likeness (QED) is 0.512. The molecule has 0 saturated heterocycles. The minimum Gasteiger partial charge on any atom is -0.352 e. The van der Waals surface area contributed by atoms with Crippen molar-refractivity contribution < 1.29 is 18.4 Å². The number of hydrogen-bond acceptors (Lipinski definition) is 4. The minimum absolute atomic E-state index is 0.248. The van der Waals surface area contributed by atoms with Crippen molar-refractivity contribution >= 4 is 13.5 Å². The first-order valence-corrected chi connectivity index (χ1v) is 6.56. The van der Waals surface area contributed by atoms with Gasteiger partial charge in [0, 0.05) is 6.54 Å². The highest BCUT2D eigenvalue weighted by Gasteiger charge is 2.27. The molecule has 0 aliphatic carbocycles. The van der Waals surface area contributed by atoms with E-state index in [1.807, 2.05) is 0 Å². The van der Waals surface area contributed by atoms with E-state index in [2.05, 4.69) is 11.9 Å². The Labute approximate surface area is 90.4 Å². The molecule has 0 spiro atoms. The molecule has 15 heavy (non-hydrogen) atoms. The van der Waals surface area contributed by atoms with Crippen molar-refractivity contribution in [2.45, 2.75) is 13.8 Å². The topological polar surface area (TPSA) is 64.6 Å². The number of carbonyl (C=O) groups is 1. The van der Waals surface area contributed by atoms with Crippen LogP contribution >= 0.6 is 7.60 Å². The summed E-state index contributed by atoms with van der Waals surface area (Å²) in [6, 6.07) is 0. The molecule has 0 aromatic carbocycles. The maximum atomic E-state index is 11.9. The Bertz CT molecular complexity index is 244. The van der Waals surface area contributed by atoms with Gasteiger partial charge in [-0.2, -0.15) is 0 Å². The van der Waals surface area contributed by atoms with Gasteiger partial charge in [-0.1, -0.05) is 6.08 Å². The predicted octanol–water partition coefficient (Wildman–Crippen LogP) is 1.55. The van der Waals surface area contributed by atoms with E-state index < -0.39 is 7.60 Å². The molecule has 0 radical (unpaired) electrons. The van der Waals surface area contributed by atoms with Gasteiger partial charge in [-0.25, -0.2) is 0 Å². The van der Waals surface area contributed by atoms with Gasteiger partial charge in [0.05, 0.1) is 13.2 Å². The smallest absolute Gasteiger partial charge is 0.340 e. The van der Waals surface area contributed by atoms with Crippen LogP contribution in [0.4, 0.5) is 0 Å². The molecule has 0 bridgehead atoms. The molecule has 1 N–H and O–H groups in total. The van der Waals surface area contributed by atoms with Crippen molar-refractivity contribution in [3.8, 4) is 0 Å². The standard InChI is InChI=1S/C9H18NO4P/c1-4-7-10-9(11)8-15(12,13-5-2)14-6-3/h4H,1,5-8H2,2-3H3,(H,10,11). The van der Waals surface area contributed by atoms with E-state index in [4.69, 9.17) is 9.05 Å².